The van der Waals surface area contributed by atoms with Crippen LogP contribution in [-0.2, 0) is 11.3 Å². The number of rotatable bonds is 8. The van der Waals surface area contributed by atoms with Gasteiger partial charge in [0.05, 0.1) is 19.8 Å². The van der Waals surface area contributed by atoms with Crippen molar-refractivity contribution in [2.75, 3.05) is 26.0 Å². The van der Waals surface area contributed by atoms with E-state index in [1.807, 2.05) is 18.2 Å². The number of carbonyl (C=O) groups is 1. The minimum atomic E-state index is -0.405. The maximum Gasteiger partial charge on any atom is 0.243 e. The summed E-state index contributed by atoms with van der Waals surface area (Å²) in [5, 5.41) is 8.79. The van der Waals surface area contributed by atoms with Crippen molar-refractivity contribution in [1.82, 2.24) is 10.6 Å². The first-order chi connectivity index (χ1) is 15.1. The lowest BCUT2D eigenvalue weighted by molar-refractivity contribution is -0.115. The van der Waals surface area contributed by atoms with Gasteiger partial charge >= 0.3 is 0 Å². The highest BCUT2D eigenvalue weighted by molar-refractivity contribution is 14.0. The smallest absolute Gasteiger partial charge is 0.243 e. The number of anilines is 1. The SMILES string of the molecule is CN=C(NCC(=O)Nc1cccc(F)c1)NCc1cccc(OC)c1OC1CCCC1.I. The molecule has 1 amide bonds. The summed E-state index contributed by atoms with van der Waals surface area (Å²) >= 11 is 0. The van der Waals surface area contributed by atoms with E-state index in [0.29, 0.717) is 23.9 Å². The molecule has 2 aromatic carbocycles. The molecule has 0 bridgehead atoms. The van der Waals surface area contributed by atoms with Crippen LogP contribution in [0.15, 0.2) is 47.5 Å². The van der Waals surface area contributed by atoms with Crippen LogP contribution in [0.3, 0.4) is 0 Å². The number of para-hydroxylation sites is 1. The maximum absolute atomic E-state index is 13.2. The third-order valence-corrected chi connectivity index (χ3v) is 5.06. The predicted molar refractivity (Wildman–Crippen MR) is 135 cm³/mol. The van der Waals surface area contributed by atoms with Gasteiger partial charge in [0.25, 0.3) is 0 Å². The Hall–Kier alpha value is -2.56. The molecule has 1 aliphatic rings. The lowest BCUT2D eigenvalue weighted by atomic mass is 10.1. The summed E-state index contributed by atoms with van der Waals surface area (Å²) in [6.45, 7) is 0.435. The fourth-order valence-electron chi connectivity index (χ4n) is 3.50. The zero-order chi connectivity index (χ0) is 22.1. The molecule has 174 valence electrons. The summed E-state index contributed by atoms with van der Waals surface area (Å²) in [5.74, 6) is 1.19. The van der Waals surface area contributed by atoms with Crippen LogP contribution in [0.5, 0.6) is 11.5 Å². The van der Waals surface area contributed by atoms with Crippen molar-refractivity contribution in [3.63, 3.8) is 0 Å². The Balaban J connectivity index is 0.00000363. The second-order valence-corrected chi connectivity index (χ2v) is 7.31. The van der Waals surface area contributed by atoms with Gasteiger partial charge in [0.15, 0.2) is 17.5 Å². The van der Waals surface area contributed by atoms with Crippen LogP contribution >= 0.6 is 24.0 Å². The number of hydrogen-bond donors (Lipinski definition) is 3. The predicted octanol–water partition coefficient (Wildman–Crippen LogP) is 4.08. The molecule has 1 fully saturated rings. The summed E-state index contributed by atoms with van der Waals surface area (Å²) in [6.07, 6.45) is 4.67. The number of hydrogen-bond acceptors (Lipinski definition) is 4. The van der Waals surface area contributed by atoms with Crippen LogP contribution in [0.2, 0.25) is 0 Å². The zero-order valence-electron chi connectivity index (χ0n) is 18.3. The molecule has 0 aromatic heterocycles. The Kier molecular flexibility index (Phi) is 10.5. The molecule has 0 radical (unpaired) electrons. The Labute approximate surface area is 205 Å². The van der Waals surface area contributed by atoms with E-state index >= 15 is 0 Å². The molecule has 0 saturated heterocycles. The first kappa shape index (κ1) is 25.7. The quantitative estimate of drug-likeness (QED) is 0.260. The molecule has 32 heavy (non-hydrogen) atoms. The molecule has 0 aliphatic heterocycles. The molecule has 0 heterocycles. The number of nitrogens with zero attached hydrogens (tertiary/aromatic N) is 1. The van der Waals surface area contributed by atoms with Crippen LogP contribution in [0.4, 0.5) is 10.1 Å². The van der Waals surface area contributed by atoms with Gasteiger partial charge in [0, 0.05) is 24.8 Å². The number of amides is 1. The minimum Gasteiger partial charge on any atom is -0.493 e. The molecule has 9 heteroatoms. The second kappa shape index (κ2) is 13.1. The first-order valence-electron chi connectivity index (χ1n) is 10.4. The Bertz CT molecular complexity index is 920. The molecule has 0 atom stereocenters. The number of guanidine groups is 1. The van der Waals surface area contributed by atoms with E-state index in [0.717, 1.165) is 24.2 Å². The zero-order valence-corrected chi connectivity index (χ0v) is 20.6. The average Bonchev–Trinajstić information content (AvgIpc) is 3.28. The van der Waals surface area contributed by atoms with Gasteiger partial charge < -0.3 is 25.4 Å². The highest BCUT2D eigenvalue weighted by Crippen LogP contribution is 2.34. The number of ether oxygens (including phenoxy) is 2. The minimum absolute atomic E-state index is 0. The summed E-state index contributed by atoms with van der Waals surface area (Å²) in [5.41, 5.74) is 1.35. The highest BCUT2D eigenvalue weighted by Gasteiger charge is 2.20. The number of nitrogens with one attached hydrogen (secondary N) is 3. The van der Waals surface area contributed by atoms with Crippen LogP contribution in [0, 0.1) is 5.82 Å². The van der Waals surface area contributed by atoms with Gasteiger partial charge in [-0.2, -0.15) is 0 Å². The Morgan fingerprint density at radius 1 is 1.16 bits per heavy atom. The molecule has 1 saturated carbocycles. The molecule has 7 nitrogen and oxygen atoms in total. The molecule has 0 unspecified atom stereocenters. The fourth-order valence-corrected chi connectivity index (χ4v) is 3.50. The van der Waals surface area contributed by atoms with E-state index in [1.54, 1.807) is 20.2 Å². The van der Waals surface area contributed by atoms with Gasteiger partial charge in [-0.05, 0) is 49.9 Å². The largest absolute Gasteiger partial charge is 0.493 e. The summed E-state index contributed by atoms with van der Waals surface area (Å²) in [4.78, 5) is 16.3. The van der Waals surface area contributed by atoms with Crippen LogP contribution in [0.1, 0.15) is 31.2 Å². The molecular formula is C23H30FIN4O3. The van der Waals surface area contributed by atoms with E-state index in [4.69, 9.17) is 9.47 Å². The van der Waals surface area contributed by atoms with E-state index < -0.39 is 5.82 Å². The average molecular weight is 556 g/mol. The van der Waals surface area contributed by atoms with Crippen molar-refractivity contribution >= 4 is 41.5 Å². The molecule has 3 N–H and O–H groups in total. The summed E-state index contributed by atoms with van der Waals surface area (Å²) in [7, 11) is 3.26. The van der Waals surface area contributed by atoms with Crippen molar-refractivity contribution in [2.24, 2.45) is 4.99 Å². The van der Waals surface area contributed by atoms with Gasteiger partial charge in [-0.25, -0.2) is 4.39 Å². The van der Waals surface area contributed by atoms with E-state index in [9.17, 15) is 9.18 Å². The Morgan fingerprint density at radius 3 is 2.59 bits per heavy atom. The van der Waals surface area contributed by atoms with Crippen LogP contribution in [-0.4, -0.2) is 38.7 Å². The van der Waals surface area contributed by atoms with Crippen molar-refractivity contribution in [2.45, 2.75) is 38.3 Å². The van der Waals surface area contributed by atoms with Gasteiger partial charge in [0.1, 0.15) is 5.82 Å². The molecule has 2 aromatic rings. The fraction of sp³-hybridized carbons (Fsp3) is 0.391. The number of benzene rings is 2. The van der Waals surface area contributed by atoms with E-state index in [1.165, 1.54) is 31.0 Å². The van der Waals surface area contributed by atoms with Gasteiger partial charge in [-0.15, -0.1) is 24.0 Å². The number of carbonyl (C=O) groups excluding carboxylic acids is 1. The highest BCUT2D eigenvalue weighted by atomic mass is 127. The number of aliphatic imine (C=N–C) groups is 1. The normalized spacial score (nSPS) is 13.8. The summed E-state index contributed by atoms with van der Waals surface area (Å²) in [6, 6.07) is 11.5. The van der Waals surface area contributed by atoms with Crippen molar-refractivity contribution in [1.29, 1.82) is 0 Å². The maximum atomic E-state index is 13.2. The first-order valence-corrected chi connectivity index (χ1v) is 10.4. The van der Waals surface area contributed by atoms with Gasteiger partial charge in [-0.1, -0.05) is 18.2 Å². The molecular weight excluding hydrogens is 526 g/mol. The van der Waals surface area contributed by atoms with Crippen molar-refractivity contribution in [3.05, 3.63) is 53.8 Å². The van der Waals surface area contributed by atoms with Crippen LogP contribution < -0.4 is 25.4 Å². The third-order valence-electron chi connectivity index (χ3n) is 5.06. The number of halogens is 2. The standard InChI is InChI=1S/C23H29FN4O3.HI/c1-25-23(27-15-21(29)28-18-9-6-8-17(24)13-18)26-14-16-7-5-12-20(30-2)22(16)31-19-10-3-4-11-19;/h5-9,12-13,19H,3-4,10-11,14-15H2,1-2H3,(H,28,29)(H2,25,26,27);1H. The van der Waals surface area contributed by atoms with E-state index in [-0.39, 0.29) is 42.5 Å². The Morgan fingerprint density at radius 2 is 1.91 bits per heavy atom. The van der Waals surface area contributed by atoms with E-state index in [2.05, 4.69) is 20.9 Å². The number of methoxy groups -OCH3 is 1. The second-order valence-electron chi connectivity index (χ2n) is 7.31. The van der Waals surface area contributed by atoms with Crippen LogP contribution in [0.25, 0.3) is 0 Å². The van der Waals surface area contributed by atoms with Gasteiger partial charge in [0.2, 0.25) is 5.91 Å². The molecule has 1 aliphatic carbocycles. The van der Waals surface area contributed by atoms with Crippen molar-refractivity contribution in [3.8, 4) is 11.5 Å². The lowest BCUT2D eigenvalue weighted by Gasteiger charge is -2.20. The molecule has 3 rings (SSSR count). The summed E-state index contributed by atoms with van der Waals surface area (Å²) < 4.78 is 25.0. The monoisotopic (exact) mass is 556 g/mol. The molecule has 0 spiro atoms. The van der Waals surface area contributed by atoms with Crippen molar-refractivity contribution < 1.29 is 18.7 Å². The third kappa shape index (κ3) is 7.54. The van der Waals surface area contributed by atoms with Gasteiger partial charge in [-0.3, -0.25) is 9.79 Å². The lowest BCUT2D eigenvalue weighted by Crippen LogP contribution is -2.41. The topological polar surface area (TPSA) is 84.0 Å².